The zero-order valence-corrected chi connectivity index (χ0v) is 20.4. The van der Waals surface area contributed by atoms with Gasteiger partial charge in [-0.05, 0) is 35.9 Å². The molecule has 0 unspecified atom stereocenters. The molecule has 1 amide bonds. The summed E-state index contributed by atoms with van der Waals surface area (Å²) in [5.41, 5.74) is 1.00. The van der Waals surface area contributed by atoms with Crippen LogP contribution in [0.25, 0.3) is 0 Å². The number of carbonyl (C=O) groups excluding carboxylic acids is 1. The Labute approximate surface area is 209 Å². The van der Waals surface area contributed by atoms with E-state index in [0.717, 1.165) is 0 Å². The number of nitrogens with zero attached hydrogens (tertiary/aromatic N) is 2. The second kappa shape index (κ2) is 11.4. The number of likely N-dealkylation sites (tertiary alicyclic amines) is 1. The van der Waals surface area contributed by atoms with E-state index in [1.54, 1.807) is 41.3 Å². The van der Waals surface area contributed by atoms with Crippen molar-refractivity contribution in [1.29, 1.82) is 0 Å². The van der Waals surface area contributed by atoms with Gasteiger partial charge in [0.05, 0.1) is 31.1 Å². The van der Waals surface area contributed by atoms with Crippen LogP contribution in [-0.4, -0.2) is 97.9 Å². The lowest BCUT2D eigenvalue weighted by Crippen LogP contribution is -2.40. The summed E-state index contributed by atoms with van der Waals surface area (Å²) in [6, 6.07) is 12.7. The van der Waals surface area contributed by atoms with Crippen molar-refractivity contribution >= 4 is 27.6 Å². The second-order valence-electron chi connectivity index (χ2n) is 8.72. The lowest BCUT2D eigenvalue weighted by molar-refractivity contribution is -0.136. The summed E-state index contributed by atoms with van der Waals surface area (Å²) in [7, 11) is -3.68. The number of carboxylic acid groups (broad SMARTS) is 1. The SMILES string of the molecule is O=C(O)Cc1ccc(O[C@@H]2CN(CC(=O)Nc3cccc(S(=O)(=O)N4CCOCC4)c3)C[C@H]2O)cc1. The summed E-state index contributed by atoms with van der Waals surface area (Å²) < 4.78 is 38.2. The Hall–Kier alpha value is -3.03. The molecule has 11 nitrogen and oxygen atoms in total. The minimum Gasteiger partial charge on any atom is -0.486 e. The number of nitrogens with one attached hydrogen (secondary N) is 1. The highest BCUT2D eigenvalue weighted by atomic mass is 32.2. The molecule has 0 bridgehead atoms. The Morgan fingerprint density at radius 2 is 1.81 bits per heavy atom. The number of hydrogen-bond donors (Lipinski definition) is 3. The van der Waals surface area contributed by atoms with Gasteiger partial charge in [-0.1, -0.05) is 18.2 Å². The molecule has 2 aliphatic heterocycles. The van der Waals surface area contributed by atoms with Gasteiger partial charge in [0.25, 0.3) is 0 Å². The van der Waals surface area contributed by atoms with Crippen LogP contribution in [0.4, 0.5) is 5.69 Å². The minimum atomic E-state index is -3.68. The smallest absolute Gasteiger partial charge is 0.307 e. The fraction of sp³-hybridized carbons (Fsp3) is 0.417. The van der Waals surface area contributed by atoms with Crippen LogP contribution in [0.15, 0.2) is 53.4 Å². The molecule has 194 valence electrons. The van der Waals surface area contributed by atoms with Crippen LogP contribution in [0.1, 0.15) is 5.56 Å². The minimum absolute atomic E-state index is 0.00505. The lowest BCUT2D eigenvalue weighted by Gasteiger charge is -2.26. The van der Waals surface area contributed by atoms with Gasteiger partial charge >= 0.3 is 5.97 Å². The standard InChI is InChI=1S/C24H29N3O8S/c28-21-14-26(15-22(21)35-19-6-4-17(5-7-19)12-24(30)31)16-23(29)25-18-2-1-3-20(13-18)36(32,33)27-8-10-34-11-9-27/h1-7,13,21-22,28H,8-12,14-16H2,(H,25,29)(H,30,31)/t21-,22-/m1/s1. The molecule has 3 N–H and O–H groups in total. The number of β-amino-alcohol motifs (C(OH)–C–C–N with tert-alkyl or cyclic N) is 1. The molecule has 0 saturated carbocycles. The molecule has 0 spiro atoms. The molecule has 2 fully saturated rings. The van der Waals surface area contributed by atoms with Crippen LogP contribution in [0.5, 0.6) is 5.75 Å². The van der Waals surface area contributed by atoms with Crippen molar-refractivity contribution in [2.24, 2.45) is 0 Å². The van der Waals surface area contributed by atoms with Crippen molar-refractivity contribution in [3.05, 3.63) is 54.1 Å². The Bertz CT molecular complexity index is 1180. The van der Waals surface area contributed by atoms with E-state index in [1.807, 2.05) is 0 Å². The quantitative estimate of drug-likeness (QED) is 0.428. The summed E-state index contributed by atoms with van der Waals surface area (Å²) in [5, 5.41) is 22.0. The van der Waals surface area contributed by atoms with Crippen LogP contribution in [0.3, 0.4) is 0 Å². The van der Waals surface area contributed by atoms with E-state index in [4.69, 9.17) is 14.6 Å². The van der Waals surface area contributed by atoms with E-state index in [9.17, 15) is 23.1 Å². The maximum Gasteiger partial charge on any atom is 0.307 e. The first-order chi connectivity index (χ1) is 17.2. The zero-order chi connectivity index (χ0) is 25.7. The first-order valence-corrected chi connectivity index (χ1v) is 13.0. The number of benzene rings is 2. The number of morpholine rings is 1. The van der Waals surface area contributed by atoms with Gasteiger partial charge in [-0.3, -0.25) is 14.5 Å². The number of aliphatic carboxylic acids is 1. The number of amides is 1. The van der Waals surface area contributed by atoms with Gasteiger partial charge in [0, 0.05) is 31.9 Å². The third kappa shape index (κ3) is 6.59. The zero-order valence-electron chi connectivity index (χ0n) is 19.6. The van der Waals surface area contributed by atoms with Crippen molar-refractivity contribution in [3.8, 4) is 5.75 Å². The highest BCUT2D eigenvalue weighted by molar-refractivity contribution is 7.89. The van der Waals surface area contributed by atoms with E-state index < -0.39 is 28.2 Å². The molecule has 2 aromatic carbocycles. The fourth-order valence-corrected chi connectivity index (χ4v) is 5.64. The highest BCUT2D eigenvalue weighted by Crippen LogP contribution is 2.22. The molecular weight excluding hydrogens is 490 g/mol. The second-order valence-corrected chi connectivity index (χ2v) is 10.7. The van der Waals surface area contributed by atoms with Gasteiger partial charge in [0.2, 0.25) is 15.9 Å². The van der Waals surface area contributed by atoms with Crippen molar-refractivity contribution in [2.75, 3.05) is 51.3 Å². The number of carboxylic acids is 1. The number of carbonyl (C=O) groups is 2. The maximum atomic E-state index is 12.9. The molecule has 36 heavy (non-hydrogen) atoms. The molecule has 0 radical (unpaired) electrons. The highest BCUT2D eigenvalue weighted by Gasteiger charge is 2.34. The number of anilines is 1. The van der Waals surface area contributed by atoms with Crippen LogP contribution in [-0.2, 0) is 30.8 Å². The molecule has 4 rings (SSSR count). The number of rotatable bonds is 9. The monoisotopic (exact) mass is 519 g/mol. The van der Waals surface area contributed by atoms with E-state index in [0.29, 0.717) is 36.8 Å². The van der Waals surface area contributed by atoms with Crippen molar-refractivity contribution in [1.82, 2.24) is 9.21 Å². The van der Waals surface area contributed by atoms with E-state index >= 15 is 0 Å². The van der Waals surface area contributed by atoms with Gasteiger partial charge < -0.3 is 25.0 Å². The molecule has 2 heterocycles. The molecule has 0 aliphatic carbocycles. The van der Waals surface area contributed by atoms with Crippen LogP contribution < -0.4 is 10.1 Å². The molecule has 2 saturated heterocycles. The van der Waals surface area contributed by atoms with Gasteiger partial charge in [-0.15, -0.1) is 0 Å². The van der Waals surface area contributed by atoms with Crippen molar-refractivity contribution in [2.45, 2.75) is 23.5 Å². The third-order valence-electron chi connectivity index (χ3n) is 5.97. The van der Waals surface area contributed by atoms with Gasteiger partial charge in [-0.25, -0.2) is 8.42 Å². The van der Waals surface area contributed by atoms with Gasteiger partial charge in [0.15, 0.2) is 0 Å². The van der Waals surface area contributed by atoms with Crippen LogP contribution in [0.2, 0.25) is 0 Å². The normalized spacial score (nSPS) is 21.2. The topological polar surface area (TPSA) is 146 Å². The summed E-state index contributed by atoms with van der Waals surface area (Å²) in [4.78, 5) is 25.3. The number of sulfonamides is 1. The average Bonchev–Trinajstić information content (AvgIpc) is 3.18. The van der Waals surface area contributed by atoms with E-state index in [-0.39, 0.29) is 43.4 Å². The van der Waals surface area contributed by atoms with E-state index in [2.05, 4.69) is 5.32 Å². The van der Waals surface area contributed by atoms with Crippen LogP contribution in [0, 0.1) is 0 Å². The predicted octanol–water partition coefficient (Wildman–Crippen LogP) is 0.397. The van der Waals surface area contributed by atoms with Crippen LogP contribution >= 0.6 is 0 Å². The molecule has 2 aliphatic rings. The first kappa shape index (κ1) is 26.0. The van der Waals surface area contributed by atoms with E-state index in [1.165, 1.54) is 16.4 Å². The lowest BCUT2D eigenvalue weighted by atomic mass is 10.1. The predicted molar refractivity (Wildman–Crippen MR) is 129 cm³/mol. The third-order valence-corrected chi connectivity index (χ3v) is 7.87. The molecular formula is C24H29N3O8S. The maximum absolute atomic E-state index is 12.9. The number of ether oxygens (including phenoxy) is 2. The van der Waals surface area contributed by atoms with Crippen molar-refractivity contribution in [3.63, 3.8) is 0 Å². The number of aliphatic hydroxyl groups excluding tert-OH is 1. The number of hydrogen-bond acceptors (Lipinski definition) is 8. The Balaban J connectivity index is 1.31. The summed E-state index contributed by atoms with van der Waals surface area (Å²) in [6.45, 7) is 1.81. The average molecular weight is 520 g/mol. The summed E-state index contributed by atoms with van der Waals surface area (Å²) >= 11 is 0. The molecule has 12 heteroatoms. The molecule has 0 aromatic heterocycles. The number of aliphatic hydroxyl groups is 1. The largest absolute Gasteiger partial charge is 0.486 e. The summed E-state index contributed by atoms with van der Waals surface area (Å²) in [6.07, 6.45) is -1.44. The first-order valence-electron chi connectivity index (χ1n) is 11.6. The Kier molecular flexibility index (Phi) is 8.21. The molecule has 2 aromatic rings. The van der Waals surface area contributed by atoms with Gasteiger partial charge in [0.1, 0.15) is 18.0 Å². The summed E-state index contributed by atoms with van der Waals surface area (Å²) in [5.74, 6) is -0.770. The Morgan fingerprint density at radius 1 is 1.08 bits per heavy atom. The van der Waals surface area contributed by atoms with Gasteiger partial charge in [-0.2, -0.15) is 4.31 Å². The van der Waals surface area contributed by atoms with Crippen molar-refractivity contribution < 1.29 is 37.7 Å². The Morgan fingerprint density at radius 3 is 2.50 bits per heavy atom. The molecule has 2 atom stereocenters. The fourth-order valence-electron chi connectivity index (χ4n) is 4.19.